The standard InChI is InChI=1S/C17H22N4O2S2/c1-11-12(2)25-17(18-11)20-16(23)10-21(3)9-15(22)19-13-7-5-6-8-14(13)24-4/h5-8H,9-10H2,1-4H3,(H,19,22)(H,18,20,23). The Hall–Kier alpha value is -1.90. The number of likely N-dealkylation sites (N-methyl/N-ethyl adjacent to an activating group) is 1. The zero-order chi connectivity index (χ0) is 18.4. The van der Waals surface area contributed by atoms with Gasteiger partial charge in [0.05, 0.1) is 24.5 Å². The van der Waals surface area contributed by atoms with Crippen molar-refractivity contribution in [2.75, 3.05) is 37.0 Å². The zero-order valence-electron chi connectivity index (χ0n) is 14.8. The molecule has 1 aromatic carbocycles. The van der Waals surface area contributed by atoms with E-state index in [2.05, 4.69) is 15.6 Å². The molecule has 0 atom stereocenters. The lowest BCUT2D eigenvalue weighted by atomic mass is 10.3. The molecule has 0 bridgehead atoms. The van der Waals surface area contributed by atoms with E-state index in [9.17, 15) is 9.59 Å². The Morgan fingerprint density at radius 2 is 1.80 bits per heavy atom. The van der Waals surface area contributed by atoms with Gasteiger partial charge in [0, 0.05) is 9.77 Å². The largest absolute Gasteiger partial charge is 0.324 e. The number of carbonyl (C=O) groups is 2. The summed E-state index contributed by atoms with van der Waals surface area (Å²) in [5.74, 6) is -0.341. The molecule has 0 aliphatic heterocycles. The molecule has 0 unspecified atom stereocenters. The predicted molar refractivity (Wildman–Crippen MR) is 105 cm³/mol. The summed E-state index contributed by atoms with van der Waals surface area (Å²) in [6.07, 6.45) is 1.96. The summed E-state index contributed by atoms with van der Waals surface area (Å²) in [5, 5.41) is 6.24. The maximum absolute atomic E-state index is 12.2. The third kappa shape index (κ3) is 5.84. The second kappa shape index (κ2) is 8.98. The first-order valence-electron chi connectivity index (χ1n) is 7.74. The molecule has 0 spiro atoms. The van der Waals surface area contributed by atoms with Gasteiger partial charge < -0.3 is 10.6 Å². The highest BCUT2D eigenvalue weighted by molar-refractivity contribution is 7.98. The van der Waals surface area contributed by atoms with Crippen molar-refractivity contribution in [3.05, 3.63) is 34.8 Å². The van der Waals surface area contributed by atoms with Crippen LogP contribution in [0, 0.1) is 13.8 Å². The van der Waals surface area contributed by atoms with Gasteiger partial charge in [-0.1, -0.05) is 12.1 Å². The van der Waals surface area contributed by atoms with E-state index in [1.54, 1.807) is 23.7 Å². The monoisotopic (exact) mass is 378 g/mol. The molecule has 1 aromatic heterocycles. The van der Waals surface area contributed by atoms with Gasteiger partial charge in [-0.3, -0.25) is 14.5 Å². The number of hydrogen-bond acceptors (Lipinski definition) is 6. The second-order valence-electron chi connectivity index (χ2n) is 5.63. The maximum atomic E-state index is 12.2. The minimum Gasteiger partial charge on any atom is -0.324 e. The lowest BCUT2D eigenvalue weighted by Gasteiger charge is -2.16. The number of amides is 2. The molecule has 8 heteroatoms. The van der Waals surface area contributed by atoms with Gasteiger partial charge in [-0.25, -0.2) is 4.98 Å². The molecule has 0 saturated heterocycles. The van der Waals surface area contributed by atoms with Gasteiger partial charge in [0.25, 0.3) is 0 Å². The van der Waals surface area contributed by atoms with E-state index in [-0.39, 0.29) is 24.9 Å². The summed E-state index contributed by atoms with van der Waals surface area (Å²) < 4.78 is 0. The van der Waals surface area contributed by atoms with E-state index in [1.165, 1.54) is 11.3 Å². The van der Waals surface area contributed by atoms with Crippen LogP contribution in [0.5, 0.6) is 0 Å². The number of aryl methyl sites for hydroxylation is 2. The fraction of sp³-hybridized carbons (Fsp3) is 0.353. The SMILES string of the molecule is CSc1ccccc1NC(=O)CN(C)CC(=O)Nc1nc(C)c(C)s1. The number of nitrogens with zero attached hydrogens (tertiary/aromatic N) is 2. The van der Waals surface area contributed by atoms with Crippen molar-refractivity contribution in [3.8, 4) is 0 Å². The van der Waals surface area contributed by atoms with Crippen molar-refractivity contribution in [2.45, 2.75) is 18.7 Å². The van der Waals surface area contributed by atoms with Gasteiger partial charge in [-0.05, 0) is 39.3 Å². The van der Waals surface area contributed by atoms with E-state index in [4.69, 9.17) is 0 Å². The number of anilines is 2. The summed E-state index contributed by atoms with van der Waals surface area (Å²) in [6.45, 7) is 4.12. The number of carbonyl (C=O) groups excluding carboxylic acids is 2. The highest BCUT2D eigenvalue weighted by Crippen LogP contribution is 2.24. The minimum absolute atomic E-state index is 0.120. The topological polar surface area (TPSA) is 74.3 Å². The molecule has 6 nitrogen and oxygen atoms in total. The van der Waals surface area contributed by atoms with Crippen molar-refractivity contribution in [2.24, 2.45) is 0 Å². The smallest absolute Gasteiger partial charge is 0.240 e. The highest BCUT2D eigenvalue weighted by Gasteiger charge is 2.13. The van der Waals surface area contributed by atoms with E-state index < -0.39 is 0 Å². The van der Waals surface area contributed by atoms with Crippen LogP contribution in [0.1, 0.15) is 10.6 Å². The first-order chi connectivity index (χ1) is 11.9. The van der Waals surface area contributed by atoms with Crippen molar-refractivity contribution in [3.63, 3.8) is 0 Å². The number of para-hydroxylation sites is 1. The molecule has 2 amide bonds. The summed E-state index contributed by atoms with van der Waals surface area (Å²) in [5.41, 5.74) is 1.70. The van der Waals surface area contributed by atoms with E-state index in [0.717, 1.165) is 21.2 Å². The van der Waals surface area contributed by atoms with Crippen LogP contribution in [0.3, 0.4) is 0 Å². The third-order valence-electron chi connectivity index (χ3n) is 3.48. The number of benzene rings is 1. The van der Waals surface area contributed by atoms with E-state index in [1.807, 2.05) is 44.4 Å². The van der Waals surface area contributed by atoms with Crippen LogP contribution in [-0.4, -0.2) is 48.1 Å². The van der Waals surface area contributed by atoms with Crippen molar-refractivity contribution in [1.82, 2.24) is 9.88 Å². The second-order valence-corrected chi connectivity index (χ2v) is 7.68. The lowest BCUT2D eigenvalue weighted by Crippen LogP contribution is -2.36. The minimum atomic E-state index is -0.187. The summed E-state index contributed by atoms with van der Waals surface area (Å²) >= 11 is 3.02. The van der Waals surface area contributed by atoms with Gasteiger partial charge in [0.1, 0.15) is 0 Å². The molecular weight excluding hydrogens is 356 g/mol. The molecule has 2 N–H and O–H groups in total. The van der Waals surface area contributed by atoms with Crippen LogP contribution in [0.4, 0.5) is 10.8 Å². The maximum Gasteiger partial charge on any atom is 0.240 e. The first kappa shape index (κ1) is 19.4. The Morgan fingerprint density at radius 1 is 1.16 bits per heavy atom. The summed E-state index contributed by atoms with van der Waals surface area (Å²) in [4.78, 5) is 32.3. The van der Waals surface area contributed by atoms with Gasteiger partial charge >= 0.3 is 0 Å². The molecule has 0 radical (unpaired) electrons. The number of hydrogen-bond donors (Lipinski definition) is 2. The molecule has 0 saturated carbocycles. The number of aromatic nitrogens is 1. The summed E-state index contributed by atoms with van der Waals surface area (Å²) in [6, 6.07) is 7.63. The fourth-order valence-electron chi connectivity index (χ4n) is 2.17. The Kier molecular flexibility index (Phi) is 6.98. The van der Waals surface area contributed by atoms with E-state index >= 15 is 0 Å². The molecule has 25 heavy (non-hydrogen) atoms. The molecular formula is C17H22N4O2S2. The van der Waals surface area contributed by atoms with Crippen molar-refractivity contribution < 1.29 is 9.59 Å². The molecule has 0 aliphatic carbocycles. The quantitative estimate of drug-likeness (QED) is 0.725. The highest BCUT2D eigenvalue weighted by atomic mass is 32.2. The molecule has 1 heterocycles. The molecule has 0 fully saturated rings. The number of rotatable bonds is 7. The van der Waals surface area contributed by atoms with Crippen molar-refractivity contribution in [1.29, 1.82) is 0 Å². The van der Waals surface area contributed by atoms with Crippen LogP contribution in [0.25, 0.3) is 0 Å². The third-order valence-corrected chi connectivity index (χ3v) is 5.27. The van der Waals surface area contributed by atoms with Gasteiger partial charge in [-0.15, -0.1) is 23.1 Å². The summed E-state index contributed by atoms with van der Waals surface area (Å²) in [7, 11) is 1.73. The van der Waals surface area contributed by atoms with Gasteiger partial charge in [0.2, 0.25) is 11.8 Å². The molecule has 0 aliphatic rings. The Bertz CT molecular complexity index is 741. The Morgan fingerprint density at radius 3 is 2.40 bits per heavy atom. The molecule has 2 aromatic rings. The number of thioether (sulfide) groups is 1. The van der Waals surface area contributed by atoms with Crippen LogP contribution < -0.4 is 10.6 Å². The Labute approximate surface area is 156 Å². The van der Waals surface area contributed by atoms with Crippen LogP contribution in [0.2, 0.25) is 0 Å². The van der Waals surface area contributed by atoms with Crippen molar-refractivity contribution >= 4 is 45.7 Å². The number of thiazole rings is 1. The van der Waals surface area contributed by atoms with Crippen LogP contribution >= 0.6 is 23.1 Å². The van der Waals surface area contributed by atoms with Gasteiger partial charge in [-0.2, -0.15) is 0 Å². The fourth-order valence-corrected chi connectivity index (χ4v) is 3.55. The average molecular weight is 379 g/mol. The average Bonchev–Trinajstić information content (AvgIpc) is 2.84. The number of nitrogens with one attached hydrogen (secondary N) is 2. The Balaban J connectivity index is 1.83. The normalized spacial score (nSPS) is 10.8. The lowest BCUT2D eigenvalue weighted by molar-refractivity contribution is -0.119. The molecule has 2 rings (SSSR count). The van der Waals surface area contributed by atoms with Crippen LogP contribution in [0.15, 0.2) is 29.2 Å². The van der Waals surface area contributed by atoms with Gasteiger partial charge in [0.15, 0.2) is 5.13 Å². The molecule has 134 valence electrons. The zero-order valence-corrected chi connectivity index (χ0v) is 16.4. The predicted octanol–water partition coefficient (Wildman–Crippen LogP) is 2.99. The van der Waals surface area contributed by atoms with E-state index in [0.29, 0.717) is 5.13 Å². The first-order valence-corrected chi connectivity index (χ1v) is 9.78. The van der Waals surface area contributed by atoms with Crippen LogP contribution in [-0.2, 0) is 9.59 Å².